The largest absolute Gasteiger partial charge is 0.463 e. The zero-order valence-corrected chi connectivity index (χ0v) is 13.1. The van der Waals surface area contributed by atoms with Crippen molar-refractivity contribution in [3.8, 4) is 11.1 Å². The Morgan fingerprint density at radius 1 is 0.900 bits per heavy atom. The van der Waals surface area contributed by atoms with E-state index in [1.54, 1.807) is 0 Å². The summed E-state index contributed by atoms with van der Waals surface area (Å²) in [6, 6.07) is 20.7. The van der Waals surface area contributed by atoms with Gasteiger partial charge < -0.3 is 0 Å². The molecule has 0 unspecified atom stereocenters. The second-order valence-corrected chi connectivity index (χ2v) is 6.03. The lowest BCUT2D eigenvalue weighted by Gasteiger charge is -2.09. The van der Waals surface area contributed by atoms with Crippen LogP contribution in [0.25, 0.3) is 21.9 Å². The van der Waals surface area contributed by atoms with E-state index >= 15 is 0 Å². The summed E-state index contributed by atoms with van der Waals surface area (Å²) in [6.07, 6.45) is 0. The Balaban J connectivity index is 2.27. The fourth-order valence-corrected chi connectivity index (χ4v) is 3.22. The molecule has 1 nitrogen and oxygen atoms in total. The summed E-state index contributed by atoms with van der Waals surface area (Å²) < 4.78 is 12.0. The second-order valence-electron chi connectivity index (χ2n) is 4.59. The van der Waals surface area contributed by atoms with E-state index in [1.165, 1.54) is 16.3 Å². The van der Waals surface area contributed by atoms with E-state index in [-0.39, 0.29) is 0 Å². The molecule has 3 rings (SSSR count). The first-order chi connectivity index (χ1) is 9.79. The summed E-state index contributed by atoms with van der Waals surface area (Å²) in [5.41, 5.74) is 3.41. The molecule has 0 aliphatic rings. The Bertz CT molecular complexity index is 783. The Kier molecular flexibility index (Phi) is 3.90. The zero-order valence-electron chi connectivity index (χ0n) is 10.7. The number of benzene rings is 3. The Morgan fingerprint density at radius 3 is 2.55 bits per heavy atom. The molecule has 0 radical (unpaired) electrons. The highest BCUT2D eigenvalue weighted by Gasteiger charge is 2.12. The molecule has 0 aliphatic heterocycles. The third kappa shape index (κ3) is 2.51. The number of hydrogen-bond acceptors (Lipinski definition) is 1. The molecule has 0 saturated carbocycles. The number of rotatable bonds is 3. The summed E-state index contributed by atoms with van der Waals surface area (Å²) in [5.74, 6) is 0.489. The molecule has 3 heteroatoms. The van der Waals surface area contributed by atoms with Crippen LogP contribution in [0.3, 0.4) is 0 Å². The minimum absolute atomic E-state index is 0.489. The Morgan fingerprint density at radius 2 is 1.70 bits per heavy atom. The zero-order chi connectivity index (χ0) is 13.9. The van der Waals surface area contributed by atoms with Gasteiger partial charge in [0.05, 0.1) is 0 Å². The smallest absolute Gasteiger partial charge is 0.0618 e. The SMILES string of the molecule is O=[S+]Cc1ccccc1-c1cccc2cc(Br)ccc12. The van der Waals surface area contributed by atoms with Gasteiger partial charge in [-0.2, -0.15) is 0 Å². The third-order valence-corrected chi connectivity index (χ3v) is 4.29. The monoisotopic (exact) mass is 343 g/mol. The first-order valence-corrected chi connectivity index (χ1v) is 8.01. The average molecular weight is 344 g/mol. The average Bonchev–Trinajstić information content (AvgIpc) is 2.47. The van der Waals surface area contributed by atoms with Gasteiger partial charge in [-0.25, -0.2) is 0 Å². The molecule has 3 aromatic carbocycles. The van der Waals surface area contributed by atoms with Gasteiger partial charge in [-0.1, -0.05) is 64.5 Å². The van der Waals surface area contributed by atoms with E-state index in [2.05, 4.69) is 58.4 Å². The standard InChI is InChI=1S/C17H12BrOS/c18-14-8-9-16-12(10-14)5-3-7-17(16)15-6-2-1-4-13(15)11-20-19/h1-10H,11H2/q+1. The molecule has 0 aliphatic carbocycles. The lowest BCUT2D eigenvalue weighted by molar-refractivity contribution is 0.604. The third-order valence-electron chi connectivity index (χ3n) is 3.36. The lowest BCUT2D eigenvalue weighted by Crippen LogP contribution is -1.89. The van der Waals surface area contributed by atoms with Crippen molar-refractivity contribution in [3.05, 3.63) is 70.7 Å². The summed E-state index contributed by atoms with van der Waals surface area (Å²) in [7, 11) is 0. The maximum atomic E-state index is 10.9. The van der Waals surface area contributed by atoms with E-state index in [0.29, 0.717) is 17.4 Å². The number of halogens is 1. The molecule has 3 aromatic rings. The van der Waals surface area contributed by atoms with Crippen LogP contribution < -0.4 is 0 Å². The minimum Gasteiger partial charge on any atom is -0.0618 e. The molecular formula is C17H12BrOS+. The Hall–Kier alpha value is -1.58. The van der Waals surface area contributed by atoms with Crippen LogP contribution in [-0.4, -0.2) is 0 Å². The predicted octanol–water partition coefficient (Wildman–Crippen LogP) is 5.20. The molecule has 0 N–H and O–H groups in total. The van der Waals surface area contributed by atoms with Crippen molar-refractivity contribution in [2.45, 2.75) is 5.75 Å². The number of fused-ring (bicyclic) bond motifs is 1. The number of hydrogen-bond donors (Lipinski definition) is 0. The van der Waals surface area contributed by atoms with Crippen molar-refractivity contribution >= 4 is 38.4 Å². The maximum absolute atomic E-state index is 10.9. The summed E-state index contributed by atoms with van der Waals surface area (Å²) in [6.45, 7) is 0. The maximum Gasteiger partial charge on any atom is 0.463 e. The highest BCUT2D eigenvalue weighted by molar-refractivity contribution is 9.10. The Labute approximate surface area is 130 Å². The summed E-state index contributed by atoms with van der Waals surface area (Å²) in [5, 5.41) is 2.40. The van der Waals surface area contributed by atoms with Gasteiger partial charge in [-0.3, -0.25) is 0 Å². The lowest BCUT2D eigenvalue weighted by atomic mass is 9.95. The molecule has 0 saturated heterocycles. The molecule has 20 heavy (non-hydrogen) atoms. The quantitative estimate of drug-likeness (QED) is 0.597. The van der Waals surface area contributed by atoms with Crippen LogP contribution in [-0.2, 0) is 21.6 Å². The van der Waals surface area contributed by atoms with Gasteiger partial charge in [0.15, 0.2) is 0 Å². The second kappa shape index (κ2) is 5.81. The first-order valence-electron chi connectivity index (χ1n) is 6.31. The summed E-state index contributed by atoms with van der Waals surface area (Å²) >= 11 is 4.12. The van der Waals surface area contributed by atoms with Gasteiger partial charge in [0, 0.05) is 14.2 Å². The molecule has 0 fully saturated rings. The van der Waals surface area contributed by atoms with Gasteiger partial charge in [0.1, 0.15) is 0 Å². The van der Waals surface area contributed by atoms with Gasteiger partial charge in [0.2, 0.25) is 0 Å². The van der Waals surface area contributed by atoms with E-state index < -0.39 is 0 Å². The van der Waals surface area contributed by atoms with E-state index in [0.717, 1.165) is 15.6 Å². The van der Waals surface area contributed by atoms with Crippen molar-refractivity contribution in [1.29, 1.82) is 0 Å². The summed E-state index contributed by atoms with van der Waals surface area (Å²) in [4.78, 5) is 0. The fraction of sp³-hybridized carbons (Fsp3) is 0.0588. The molecule has 0 atom stereocenters. The molecule has 0 aromatic heterocycles. The van der Waals surface area contributed by atoms with Crippen LogP contribution >= 0.6 is 15.9 Å². The van der Waals surface area contributed by atoms with Crippen molar-refractivity contribution in [1.82, 2.24) is 0 Å². The van der Waals surface area contributed by atoms with Crippen LogP contribution in [0.5, 0.6) is 0 Å². The molecule has 0 heterocycles. The van der Waals surface area contributed by atoms with E-state index in [4.69, 9.17) is 0 Å². The van der Waals surface area contributed by atoms with Crippen molar-refractivity contribution in [2.75, 3.05) is 0 Å². The van der Waals surface area contributed by atoms with Gasteiger partial charge in [0.25, 0.3) is 5.75 Å². The first kappa shape index (κ1) is 13.4. The highest BCUT2D eigenvalue weighted by atomic mass is 79.9. The van der Waals surface area contributed by atoms with E-state index in [9.17, 15) is 4.21 Å². The van der Waals surface area contributed by atoms with Gasteiger partial charge in [-0.05, 0) is 34.0 Å². The topological polar surface area (TPSA) is 17.1 Å². The van der Waals surface area contributed by atoms with E-state index in [1.807, 2.05) is 18.2 Å². The van der Waals surface area contributed by atoms with Gasteiger partial charge in [-0.15, -0.1) is 0 Å². The molecule has 98 valence electrons. The van der Waals surface area contributed by atoms with Crippen LogP contribution in [0.2, 0.25) is 0 Å². The van der Waals surface area contributed by atoms with Gasteiger partial charge >= 0.3 is 11.7 Å². The van der Waals surface area contributed by atoms with Crippen LogP contribution in [0.4, 0.5) is 0 Å². The molecule has 0 amide bonds. The molecule has 0 spiro atoms. The fourth-order valence-electron chi connectivity index (χ4n) is 2.46. The molecular weight excluding hydrogens is 332 g/mol. The predicted molar refractivity (Wildman–Crippen MR) is 88.8 cm³/mol. The molecule has 0 bridgehead atoms. The van der Waals surface area contributed by atoms with Crippen molar-refractivity contribution in [3.63, 3.8) is 0 Å². The normalized spacial score (nSPS) is 10.7. The minimum atomic E-state index is 0.489. The van der Waals surface area contributed by atoms with Crippen LogP contribution in [0.15, 0.2) is 65.1 Å². The van der Waals surface area contributed by atoms with Crippen LogP contribution in [0, 0.1) is 0 Å². The van der Waals surface area contributed by atoms with Crippen molar-refractivity contribution < 1.29 is 4.21 Å². The van der Waals surface area contributed by atoms with Crippen molar-refractivity contribution in [2.24, 2.45) is 0 Å². The van der Waals surface area contributed by atoms with Crippen LogP contribution in [0.1, 0.15) is 5.56 Å². The highest BCUT2D eigenvalue weighted by Crippen LogP contribution is 2.32.